The maximum atomic E-state index is 10.6. The highest BCUT2D eigenvalue weighted by molar-refractivity contribution is 7.69. The summed E-state index contributed by atoms with van der Waals surface area (Å²) in [5.41, 5.74) is 7.43. The molecule has 1 aromatic heterocycles. The van der Waals surface area contributed by atoms with Gasteiger partial charge in [-0.25, -0.2) is 13.6 Å². The van der Waals surface area contributed by atoms with Crippen molar-refractivity contribution >= 4 is 27.8 Å². The van der Waals surface area contributed by atoms with Crippen molar-refractivity contribution in [3.05, 3.63) is 36.0 Å². The molecule has 1 heterocycles. The van der Waals surface area contributed by atoms with Crippen LogP contribution in [0.4, 0.5) is 0 Å². The first-order valence-electron chi connectivity index (χ1n) is 5.34. The number of hydrogen-bond acceptors (Lipinski definition) is 4. The molecule has 0 radical (unpaired) electrons. The van der Waals surface area contributed by atoms with Gasteiger partial charge in [-0.3, -0.25) is 4.79 Å². The molecule has 0 aliphatic carbocycles. The number of H-pyrrole nitrogens is 1. The Kier molecular flexibility index (Phi) is 5.49. The second-order valence-corrected chi connectivity index (χ2v) is 4.36. The fourth-order valence-electron chi connectivity index (χ4n) is 1.62. The van der Waals surface area contributed by atoms with Crippen LogP contribution in [-0.4, -0.2) is 30.5 Å². The number of nitrogens with two attached hydrogens (primary N) is 2. The SMILES string of the molecule is NC(Cc1c[nH]c2ccccc12)C(=O)O.N[SH](=O)=O. The summed E-state index contributed by atoms with van der Waals surface area (Å²) >= 11 is 0. The highest BCUT2D eigenvalue weighted by Crippen LogP contribution is 2.18. The van der Waals surface area contributed by atoms with Crippen molar-refractivity contribution in [1.82, 2.24) is 4.98 Å². The molecule has 2 aromatic rings. The third kappa shape index (κ3) is 4.70. The number of fused-ring (bicyclic) bond motifs is 1. The van der Waals surface area contributed by atoms with Crippen LogP contribution in [0, 0.1) is 0 Å². The van der Waals surface area contributed by atoms with E-state index in [9.17, 15) is 4.79 Å². The number of carbonyl (C=O) groups is 1. The number of carboxylic acids is 1. The smallest absolute Gasteiger partial charge is 0.320 e. The monoisotopic (exact) mass is 285 g/mol. The van der Waals surface area contributed by atoms with Crippen LogP contribution in [0.2, 0.25) is 0 Å². The predicted octanol–water partition coefficient (Wildman–Crippen LogP) is -0.406. The Morgan fingerprint density at radius 3 is 2.53 bits per heavy atom. The van der Waals surface area contributed by atoms with Crippen molar-refractivity contribution in [3.63, 3.8) is 0 Å². The van der Waals surface area contributed by atoms with Gasteiger partial charge >= 0.3 is 5.97 Å². The zero-order valence-electron chi connectivity index (χ0n) is 9.95. The van der Waals surface area contributed by atoms with E-state index in [2.05, 4.69) is 10.1 Å². The highest BCUT2D eigenvalue weighted by Gasteiger charge is 2.14. The summed E-state index contributed by atoms with van der Waals surface area (Å²) in [6.45, 7) is 0. The molecule has 0 aliphatic heterocycles. The van der Waals surface area contributed by atoms with Gasteiger partial charge in [0.2, 0.25) is 0 Å². The van der Waals surface area contributed by atoms with E-state index >= 15 is 0 Å². The lowest BCUT2D eigenvalue weighted by atomic mass is 10.1. The first-order valence-corrected chi connectivity index (χ1v) is 6.59. The van der Waals surface area contributed by atoms with Crippen molar-refractivity contribution in [2.45, 2.75) is 12.5 Å². The fraction of sp³-hybridized carbons (Fsp3) is 0.182. The molecule has 0 saturated heterocycles. The van der Waals surface area contributed by atoms with E-state index in [4.69, 9.17) is 19.3 Å². The molecule has 0 spiro atoms. The van der Waals surface area contributed by atoms with Gasteiger partial charge in [-0.15, -0.1) is 0 Å². The summed E-state index contributed by atoms with van der Waals surface area (Å²) in [4.78, 5) is 13.7. The molecule has 1 aromatic carbocycles. The van der Waals surface area contributed by atoms with E-state index in [1.807, 2.05) is 30.5 Å². The van der Waals surface area contributed by atoms with E-state index in [0.717, 1.165) is 16.5 Å². The number of para-hydroxylation sites is 1. The summed E-state index contributed by atoms with van der Waals surface area (Å²) in [5.74, 6) is -0.972. The summed E-state index contributed by atoms with van der Waals surface area (Å²) in [6.07, 6.45) is 2.16. The molecule has 6 N–H and O–H groups in total. The number of nitrogens with one attached hydrogen (secondary N) is 1. The van der Waals surface area contributed by atoms with Gasteiger partial charge < -0.3 is 15.8 Å². The van der Waals surface area contributed by atoms with Crippen LogP contribution < -0.4 is 10.9 Å². The summed E-state index contributed by atoms with van der Waals surface area (Å²) < 4.78 is 17.6. The van der Waals surface area contributed by atoms with Crippen LogP contribution in [-0.2, 0) is 22.1 Å². The van der Waals surface area contributed by atoms with Crippen molar-refractivity contribution in [2.24, 2.45) is 10.9 Å². The van der Waals surface area contributed by atoms with Gasteiger partial charge in [-0.2, -0.15) is 0 Å². The number of rotatable bonds is 3. The molecule has 0 aliphatic rings. The van der Waals surface area contributed by atoms with Gasteiger partial charge in [0.1, 0.15) is 6.04 Å². The van der Waals surface area contributed by atoms with Gasteiger partial charge in [0.25, 0.3) is 0 Å². The molecule has 8 heteroatoms. The Hall–Kier alpha value is -1.90. The van der Waals surface area contributed by atoms with Gasteiger partial charge in [0, 0.05) is 23.5 Å². The van der Waals surface area contributed by atoms with Gasteiger partial charge in [-0.1, -0.05) is 18.2 Å². The predicted molar refractivity (Wildman–Crippen MR) is 72.1 cm³/mol. The maximum Gasteiger partial charge on any atom is 0.320 e. The van der Waals surface area contributed by atoms with Crippen LogP contribution in [0.15, 0.2) is 30.5 Å². The number of aromatic nitrogens is 1. The zero-order chi connectivity index (χ0) is 14.4. The van der Waals surface area contributed by atoms with Crippen molar-refractivity contribution in [3.8, 4) is 0 Å². The summed E-state index contributed by atoms with van der Waals surface area (Å²) in [7, 11) is -2.62. The standard InChI is InChI=1S/C11H12N2O2.H3NO2S/c12-9(11(14)15)5-7-6-13-10-4-2-1-3-8(7)10;1-4(2)3/h1-4,6,9,13H,5,12H2,(H,14,15);4H,(H2,1,2,3). The van der Waals surface area contributed by atoms with Crippen LogP contribution >= 0.6 is 0 Å². The van der Waals surface area contributed by atoms with Crippen LogP contribution in [0.5, 0.6) is 0 Å². The van der Waals surface area contributed by atoms with Crippen molar-refractivity contribution in [1.29, 1.82) is 0 Å². The van der Waals surface area contributed by atoms with E-state index in [-0.39, 0.29) is 0 Å². The fourth-order valence-corrected chi connectivity index (χ4v) is 1.62. The first-order chi connectivity index (χ1) is 8.91. The molecule has 7 nitrogen and oxygen atoms in total. The lowest BCUT2D eigenvalue weighted by Gasteiger charge is -2.04. The van der Waals surface area contributed by atoms with Crippen molar-refractivity contribution in [2.75, 3.05) is 0 Å². The molecule has 104 valence electrons. The van der Waals surface area contributed by atoms with E-state index in [1.54, 1.807) is 0 Å². The summed E-state index contributed by atoms with van der Waals surface area (Å²) in [5, 5.41) is 13.8. The summed E-state index contributed by atoms with van der Waals surface area (Å²) in [6, 6.07) is 6.91. The Labute approximate surface area is 111 Å². The van der Waals surface area contributed by atoms with Gasteiger partial charge in [0.05, 0.1) is 0 Å². The lowest BCUT2D eigenvalue weighted by Crippen LogP contribution is -2.32. The molecule has 0 saturated carbocycles. The normalized spacial score (nSPS) is 11.9. The van der Waals surface area contributed by atoms with E-state index < -0.39 is 22.9 Å². The minimum absolute atomic E-state index is 0.347. The molecule has 19 heavy (non-hydrogen) atoms. The Morgan fingerprint density at radius 2 is 1.95 bits per heavy atom. The average Bonchev–Trinajstić information content (AvgIpc) is 2.72. The van der Waals surface area contributed by atoms with E-state index in [0.29, 0.717) is 6.42 Å². The number of aliphatic carboxylic acids is 1. The molecular weight excluding hydrogens is 270 g/mol. The number of thiol groups is 1. The third-order valence-corrected chi connectivity index (χ3v) is 2.43. The lowest BCUT2D eigenvalue weighted by molar-refractivity contribution is -0.138. The van der Waals surface area contributed by atoms with Crippen molar-refractivity contribution < 1.29 is 18.3 Å². The Balaban J connectivity index is 0.000000399. The second kappa shape index (κ2) is 6.88. The minimum atomic E-state index is -2.62. The zero-order valence-corrected chi connectivity index (χ0v) is 10.8. The number of benzene rings is 1. The van der Waals surface area contributed by atoms with E-state index in [1.165, 1.54) is 0 Å². The third-order valence-electron chi connectivity index (χ3n) is 2.43. The van der Waals surface area contributed by atoms with Gasteiger partial charge in [-0.05, 0) is 11.6 Å². The van der Waals surface area contributed by atoms with Crippen LogP contribution in [0.3, 0.4) is 0 Å². The largest absolute Gasteiger partial charge is 0.480 e. The molecule has 1 unspecified atom stereocenters. The molecule has 2 rings (SSSR count). The molecular formula is C11H15N3O4S. The molecule has 0 fully saturated rings. The number of aromatic amines is 1. The van der Waals surface area contributed by atoms with Crippen LogP contribution in [0.25, 0.3) is 10.9 Å². The molecule has 0 amide bonds. The molecule has 1 atom stereocenters. The topological polar surface area (TPSA) is 139 Å². The maximum absolute atomic E-state index is 10.6. The average molecular weight is 285 g/mol. The number of hydrogen-bond donors (Lipinski definition) is 5. The molecule has 0 bridgehead atoms. The number of carboxylic acid groups (broad SMARTS) is 1. The first kappa shape index (κ1) is 15.2. The second-order valence-electron chi connectivity index (χ2n) is 3.79. The Bertz CT molecular complexity index is 628. The minimum Gasteiger partial charge on any atom is -0.480 e. The Morgan fingerprint density at radius 1 is 1.37 bits per heavy atom. The highest BCUT2D eigenvalue weighted by atomic mass is 32.2. The van der Waals surface area contributed by atoms with Crippen LogP contribution in [0.1, 0.15) is 5.56 Å². The quantitative estimate of drug-likeness (QED) is 0.488. The van der Waals surface area contributed by atoms with Gasteiger partial charge in [0.15, 0.2) is 10.9 Å².